The summed E-state index contributed by atoms with van der Waals surface area (Å²) in [6.07, 6.45) is 0. The predicted octanol–water partition coefficient (Wildman–Crippen LogP) is 1.12. The van der Waals surface area contributed by atoms with Crippen molar-refractivity contribution in [3.05, 3.63) is 40.1 Å². The lowest BCUT2D eigenvalue weighted by Gasteiger charge is -2.23. The Hall–Kier alpha value is -1.67. The topological polar surface area (TPSA) is 76.4 Å². The van der Waals surface area contributed by atoms with Crippen molar-refractivity contribution >= 4 is 35.1 Å². The Morgan fingerprint density at radius 1 is 0.960 bits per heavy atom. The Morgan fingerprint density at radius 2 is 1.64 bits per heavy atom. The molecule has 1 aromatic carbocycles. The number of nitrogens with one attached hydrogen (secondary N) is 3. The van der Waals surface area contributed by atoms with Crippen molar-refractivity contribution in [1.82, 2.24) is 15.0 Å². The predicted molar refractivity (Wildman–Crippen MR) is 98.5 cm³/mol. The lowest BCUT2D eigenvalue weighted by atomic mass is 10.2. The van der Waals surface area contributed by atoms with Gasteiger partial charge in [0, 0.05) is 11.6 Å². The van der Waals surface area contributed by atoms with Crippen molar-refractivity contribution in [2.45, 2.75) is 6.54 Å². The smallest absolute Gasteiger partial charge is 0.229 e. The average molecular weight is 384 g/mol. The second-order valence-electron chi connectivity index (χ2n) is 5.77. The van der Waals surface area contributed by atoms with E-state index < -0.39 is 0 Å². The van der Waals surface area contributed by atoms with Crippen LogP contribution in [-0.2, 0) is 11.3 Å². The Labute approximate surface area is 156 Å². The minimum absolute atomic E-state index is 0.162. The van der Waals surface area contributed by atoms with Crippen LogP contribution < -0.4 is 15.5 Å². The molecule has 3 rings (SSSR count). The molecule has 1 aromatic heterocycles. The van der Waals surface area contributed by atoms with Gasteiger partial charge in [-0.1, -0.05) is 23.7 Å². The number of morpholine rings is 1. The SMILES string of the molecule is Clc1ccc(CNc2nc(Cl)nc(NCC[NH+]3CCOCC3)n2)cc1. The molecule has 1 aliphatic heterocycles. The fourth-order valence-corrected chi connectivity index (χ4v) is 2.84. The van der Waals surface area contributed by atoms with Crippen molar-refractivity contribution in [3.8, 4) is 0 Å². The molecular weight excluding hydrogens is 363 g/mol. The summed E-state index contributed by atoms with van der Waals surface area (Å²) in [7, 11) is 0. The monoisotopic (exact) mass is 383 g/mol. The fourth-order valence-electron chi connectivity index (χ4n) is 2.55. The maximum Gasteiger partial charge on any atom is 0.229 e. The number of aromatic nitrogens is 3. The van der Waals surface area contributed by atoms with E-state index >= 15 is 0 Å². The van der Waals surface area contributed by atoms with Crippen LogP contribution >= 0.6 is 23.2 Å². The summed E-state index contributed by atoms with van der Waals surface area (Å²) in [5.41, 5.74) is 1.08. The summed E-state index contributed by atoms with van der Waals surface area (Å²) in [4.78, 5) is 14.1. The molecule has 0 saturated carbocycles. The zero-order chi connectivity index (χ0) is 17.5. The molecule has 0 aliphatic carbocycles. The summed E-state index contributed by atoms with van der Waals surface area (Å²) >= 11 is 11.9. The highest BCUT2D eigenvalue weighted by Gasteiger charge is 2.13. The zero-order valence-electron chi connectivity index (χ0n) is 13.8. The lowest BCUT2D eigenvalue weighted by molar-refractivity contribution is -0.906. The molecule has 2 heterocycles. The molecule has 0 amide bonds. The molecule has 3 N–H and O–H groups in total. The molecule has 0 spiro atoms. The first-order chi connectivity index (χ1) is 12.2. The van der Waals surface area contributed by atoms with E-state index in [0.717, 1.165) is 45.0 Å². The lowest BCUT2D eigenvalue weighted by Crippen LogP contribution is -3.14. The average Bonchev–Trinajstić information content (AvgIpc) is 2.62. The number of anilines is 2. The Morgan fingerprint density at radius 3 is 2.36 bits per heavy atom. The number of hydrogen-bond acceptors (Lipinski definition) is 6. The van der Waals surface area contributed by atoms with E-state index in [1.54, 1.807) is 0 Å². The van der Waals surface area contributed by atoms with E-state index in [0.29, 0.717) is 23.5 Å². The number of ether oxygens (including phenoxy) is 1. The largest absolute Gasteiger partial charge is 0.370 e. The number of hydrogen-bond donors (Lipinski definition) is 3. The van der Waals surface area contributed by atoms with Gasteiger partial charge in [0.2, 0.25) is 17.2 Å². The van der Waals surface area contributed by atoms with Crippen LogP contribution in [0.2, 0.25) is 10.3 Å². The van der Waals surface area contributed by atoms with Crippen molar-refractivity contribution in [3.63, 3.8) is 0 Å². The van der Waals surface area contributed by atoms with Gasteiger partial charge in [0.05, 0.1) is 26.3 Å². The third kappa shape index (κ3) is 5.97. The first-order valence-corrected chi connectivity index (χ1v) is 9.00. The van der Waals surface area contributed by atoms with Crippen LogP contribution in [0.5, 0.6) is 0 Å². The fraction of sp³-hybridized carbons (Fsp3) is 0.438. The van der Waals surface area contributed by atoms with Gasteiger partial charge in [-0.2, -0.15) is 15.0 Å². The van der Waals surface area contributed by atoms with Crippen molar-refractivity contribution in [1.29, 1.82) is 0 Å². The minimum Gasteiger partial charge on any atom is -0.370 e. The van der Waals surface area contributed by atoms with Crippen molar-refractivity contribution in [2.75, 3.05) is 50.0 Å². The second-order valence-corrected chi connectivity index (χ2v) is 6.55. The summed E-state index contributed by atoms with van der Waals surface area (Å²) in [6, 6.07) is 7.59. The number of benzene rings is 1. The van der Waals surface area contributed by atoms with Crippen molar-refractivity contribution < 1.29 is 9.64 Å². The molecule has 1 aliphatic rings. The molecule has 2 aromatic rings. The van der Waals surface area contributed by atoms with Crippen LogP contribution in [-0.4, -0.2) is 54.3 Å². The standard InChI is InChI=1S/C16H20Cl2N6O/c17-13-3-1-12(2-4-13)11-20-16-22-14(18)21-15(23-16)19-5-6-24-7-9-25-10-8-24/h1-4H,5-11H2,(H2,19,20,21,22,23)/p+1. The van der Waals surface area contributed by atoms with Gasteiger partial charge in [0.25, 0.3) is 0 Å². The zero-order valence-corrected chi connectivity index (χ0v) is 15.3. The first kappa shape index (κ1) is 18.1. The number of quaternary nitrogens is 1. The van der Waals surface area contributed by atoms with Gasteiger partial charge in [-0.05, 0) is 29.3 Å². The Balaban J connectivity index is 1.51. The van der Waals surface area contributed by atoms with Gasteiger partial charge < -0.3 is 20.3 Å². The van der Waals surface area contributed by atoms with Crippen LogP contribution in [0.15, 0.2) is 24.3 Å². The molecule has 0 bridgehead atoms. The molecule has 0 unspecified atom stereocenters. The highest BCUT2D eigenvalue weighted by atomic mass is 35.5. The minimum atomic E-state index is 0.162. The summed E-state index contributed by atoms with van der Waals surface area (Å²) in [5.74, 6) is 0.919. The second kappa shape index (κ2) is 9.15. The molecule has 1 fully saturated rings. The van der Waals surface area contributed by atoms with E-state index in [1.807, 2.05) is 24.3 Å². The highest BCUT2D eigenvalue weighted by Crippen LogP contribution is 2.12. The highest BCUT2D eigenvalue weighted by molar-refractivity contribution is 6.30. The summed E-state index contributed by atoms with van der Waals surface area (Å²) in [6.45, 7) is 6.06. The van der Waals surface area contributed by atoms with Gasteiger partial charge in [0.1, 0.15) is 13.1 Å². The maximum atomic E-state index is 6.00. The number of rotatable bonds is 7. The van der Waals surface area contributed by atoms with Gasteiger partial charge >= 0.3 is 0 Å². The molecule has 0 radical (unpaired) electrons. The van der Waals surface area contributed by atoms with E-state index in [2.05, 4.69) is 25.6 Å². The van der Waals surface area contributed by atoms with Gasteiger partial charge in [0.15, 0.2) is 0 Å². The quantitative estimate of drug-likeness (QED) is 0.664. The van der Waals surface area contributed by atoms with Crippen LogP contribution in [0.25, 0.3) is 0 Å². The Bertz CT molecular complexity index is 679. The van der Waals surface area contributed by atoms with Crippen LogP contribution in [0.4, 0.5) is 11.9 Å². The third-order valence-electron chi connectivity index (χ3n) is 3.93. The third-order valence-corrected chi connectivity index (χ3v) is 4.35. The molecule has 1 saturated heterocycles. The van der Waals surface area contributed by atoms with E-state index in [4.69, 9.17) is 27.9 Å². The van der Waals surface area contributed by atoms with Crippen LogP contribution in [0.3, 0.4) is 0 Å². The maximum absolute atomic E-state index is 6.00. The van der Waals surface area contributed by atoms with Gasteiger partial charge in [-0.15, -0.1) is 0 Å². The first-order valence-electron chi connectivity index (χ1n) is 8.24. The summed E-state index contributed by atoms with van der Waals surface area (Å²) in [5, 5.41) is 7.23. The summed E-state index contributed by atoms with van der Waals surface area (Å²) < 4.78 is 5.36. The van der Waals surface area contributed by atoms with Crippen LogP contribution in [0.1, 0.15) is 5.56 Å². The molecule has 7 nitrogen and oxygen atoms in total. The van der Waals surface area contributed by atoms with E-state index in [9.17, 15) is 0 Å². The molecule has 134 valence electrons. The number of halogens is 2. The van der Waals surface area contributed by atoms with E-state index in [-0.39, 0.29) is 5.28 Å². The van der Waals surface area contributed by atoms with E-state index in [1.165, 1.54) is 4.90 Å². The van der Waals surface area contributed by atoms with Gasteiger partial charge in [-0.25, -0.2) is 0 Å². The van der Waals surface area contributed by atoms with Crippen LogP contribution in [0, 0.1) is 0 Å². The Kier molecular flexibility index (Phi) is 6.63. The molecule has 9 heteroatoms. The molecule has 25 heavy (non-hydrogen) atoms. The van der Waals surface area contributed by atoms with Gasteiger partial charge in [-0.3, -0.25) is 0 Å². The normalized spacial score (nSPS) is 15.1. The molecule has 0 atom stereocenters. The molecular formula is C16H21Cl2N6O+. The number of nitrogens with zero attached hydrogens (tertiary/aromatic N) is 3. The van der Waals surface area contributed by atoms with Crippen molar-refractivity contribution in [2.24, 2.45) is 0 Å².